The van der Waals surface area contributed by atoms with Gasteiger partial charge in [0.15, 0.2) is 0 Å². The van der Waals surface area contributed by atoms with E-state index in [0.29, 0.717) is 18.0 Å². The fourth-order valence-corrected chi connectivity index (χ4v) is 4.43. The molecule has 114 valence electrons. The highest BCUT2D eigenvalue weighted by Gasteiger charge is 2.34. The van der Waals surface area contributed by atoms with Crippen LogP contribution in [0.2, 0.25) is 0 Å². The van der Waals surface area contributed by atoms with E-state index in [9.17, 15) is 8.42 Å². The largest absolute Gasteiger partial charge is 0.315 e. The van der Waals surface area contributed by atoms with E-state index in [0.717, 1.165) is 24.3 Å². The van der Waals surface area contributed by atoms with Gasteiger partial charge in [-0.15, -0.1) is 0 Å². The van der Waals surface area contributed by atoms with E-state index in [-0.39, 0.29) is 0 Å². The summed E-state index contributed by atoms with van der Waals surface area (Å²) in [5.74, 6) is 2.26. The molecule has 3 rings (SSSR count). The summed E-state index contributed by atoms with van der Waals surface area (Å²) >= 11 is 0. The Bertz CT molecular complexity index is 598. The average Bonchev–Trinajstić information content (AvgIpc) is 3.10. The smallest absolute Gasteiger partial charge is 0.240 e. The molecule has 0 saturated heterocycles. The third-order valence-corrected chi connectivity index (χ3v) is 5.95. The molecule has 0 radical (unpaired) electrons. The first kappa shape index (κ1) is 14.8. The number of allylic oxidation sites excluding steroid dienone is 2. The standard InChI is InChI=1S/C16H22N2O2S/c19-21(20,16-4-2-1-3-5-16)18-9-8-17-12-15-11-13-6-7-14(15)10-13/h1-7,13-15,17-18H,8-12H2. The van der Waals surface area contributed by atoms with Crippen LogP contribution in [0.3, 0.4) is 0 Å². The van der Waals surface area contributed by atoms with Crippen LogP contribution in [0, 0.1) is 17.8 Å². The third kappa shape index (κ3) is 3.54. The second-order valence-corrected chi connectivity index (χ2v) is 7.72. The first-order chi connectivity index (χ1) is 10.1. The molecule has 0 aliphatic heterocycles. The molecular weight excluding hydrogens is 284 g/mol. The van der Waals surface area contributed by atoms with Gasteiger partial charge in [0, 0.05) is 13.1 Å². The molecule has 1 aromatic carbocycles. The van der Waals surface area contributed by atoms with Crippen molar-refractivity contribution in [1.82, 2.24) is 10.0 Å². The summed E-state index contributed by atoms with van der Waals surface area (Å²) in [6.07, 6.45) is 7.28. The van der Waals surface area contributed by atoms with Crippen molar-refractivity contribution in [2.45, 2.75) is 17.7 Å². The van der Waals surface area contributed by atoms with Crippen LogP contribution in [-0.2, 0) is 10.0 Å². The summed E-state index contributed by atoms with van der Waals surface area (Å²) in [7, 11) is -3.37. The van der Waals surface area contributed by atoms with Crippen molar-refractivity contribution in [3.8, 4) is 0 Å². The molecule has 3 atom stereocenters. The fourth-order valence-electron chi connectivity index (χ4n) is 3.37. The zero-order valence-corrected chi connectivity index (χ0v) is 12.9. The van der Waals surface area contributed by atoms with Crippen molar-refractivity contribution < 1.29 is 8.42 Å². The Morgan fingerprint density at radius 3 is 2.52 bits per heavy atom. The minimum atomic E-state index is -3.37. The molecule has 21 heavy (non-hydrogen) atoms. The normalized spacial score (nSPS) is 27.3. The van der Waals surface area contributed by atoms with E-state index < -0.39 is 10.0 Å². The van der Waals surface area contributed by atoms with Gasteiger partial charge in [0.2, 0.25) is 10.0 Å². The lowest BCUT2D eigenvalue weighted by atomic mass is 9.94. The van der Waals surface area contributed by atoms with Gasteiger partial charge in [-0.25, -0.2) is 13.1 Å². The quantitative estimate of drug-likeness (QED) is 0.596. The highest BCUT2D eigenvalue weighted by molar-refractivity contribution is 7.89. The van der Waals surface area contributed by atoms with Crippen molar-refractivity contribution in [3.63, 3.8) is 0 Å². The lowest BCUT2D eigenvalue weighted by Crippen LogP contribution is -2.34. The summed E-state index contributed by atoms with van der Waals surface area (Å²) in [6, 6.07) is 8.49. The van der Waals surface area contributed by atoms with Crippen LogP contribution in [0.15, 0.2) is 47.4 Å². The molecule has 2 bridgehead atoms. The molecule has 5 heteroatoms. The topological polar surface area (TPSA) is 58.2 Å². The average molecular weight is 306 g/mol. The number of hydrogen-bond acceptors (Lipinski definition) is 3. The first-order valence-electron chi connectivity index (χ1n) is 7.59. The minimum absolute atomic E-state index is 0.322. The highest BCUT2D eigenvalue weighted by atomic mass is 32.2. The first-order valence-corrected chi connectivity index (χ1v) is 9.07. The van der Waals surface area contributed by atoms with Crippen molar-refractivity contribution in [1.29, 1.82) is 0 Å². The van der Waals surface area contributed by atoms with E-state index in [2.05, 4.69) is 22.2 Å². The number of hydrogen-bond donors (Lipinski definition) is 2. The zero-order valence-electron chi connectivity index (χ0n) is 12.0. The Balaban J connectivity index is 1.38. The number of nitrogens with one attached hydrogen (secondary N) is 2. The number of sulfonamides is 1. The molecule has 0 amide bonds. The van der Waals surface area contributed by atoms with Crippen LogP contribution in [0.5, 0.6) is 0 Å². The minimum Gasteiger partial charge on any atom is -0.315 e. The van der Waals surface area contributed by atoms with Gasteiger partial charge in [-0.05, 0) is 49.3 Å². The van der Waals surface area contributed by atoms with Crippen LogP contribution in [0.1, 0.15) is 12.8 Å². The maximum Gasteiger partial charge on any atom is 0.240 e. The molecule has 4 nitrogen and oxygen atoms in total. The number of benzene rings is 1. The highest BCUT2D eigenvalue weighted by Crippen LogP contribution is 2.42. The SMILES string of the molecule is O=S(=O)(NCCNCC1CC2C=CC1C2)c1ccccc1. The maximum absolute atomic E-state index is 12.0. The van der Waals surface area contributed by atoms with Crippen LogP contribution in [0.4, 0.5) is 0 Å². The van der Waals surface area contributed by atoms with Gasteiger partial charge in [0.05, 0.1) is 4.90 Å². The summed E-state index contributed by atoms with van der Waals surface area (Å²) in [5, 5.41) is 3.38. The van der Waals surface area contributed by atoms with Crippen molar-refractivity contribution in [3.05, 3.63) is 42.5 Å². The number of rotatable bonds is 7. The second-order valence-electron chi connectivity index (χ2n) is 5.96. The van der Waals surface area contributed by atoms with Gasteiger partial charge in [0.1, 0.15) is 0 Å². The molecule has 0 heterocycles. The molecule has 2 N–H and O–H groups in total. The van der Waals surface area contributed by atoms with Crippen molar-refractivity contribution >= 4 is 10.0 Å². The van der Waals surface area contributed by atoms with Crippen LogP contribution < -0.4 is 10.0 Å². The molecule has 1 saturated carbocycles. The Morgan fingerprint density at radius 1 is 1.05 bits per heavy atom. The Labute approximate surface area is 126 Å². The van der Waals surface area contributed by atoms with Crippen molar-refractivity contribution in [2.24, 2.45) is 17.8 Å². The van der Waals surface area contributed by atoms with E-state index in [1.54, 1.807) is 24.3 Å². The van der Waals surface area contributed by atoms with Crippen LogP contribution in [-0.4, -0.2) is 28.1 Å². The lowest BCUT2D eigenvalue weighted by molar-refractivity contribution is 0.416. The van der Waals surface area contributed by atoms with Gasteiger partial charge < -0.3 is 5.32 Å². The molecule has 1 fully saturated rings. The third-order valence-electron chi connectivity index (χ3n) is 4.47. The summed E-state index contributed by atoms with van der Waals surface area (Å²) in [6.45, 7) is 2.08. The molecule has 0 spiro atoms. The molecule has 2 aliphatic rings. The van der Waals surface area contributed by atoms with Crippen molar-refractivity contribution in [2.75, 3.05) is 19.6 Å². The van der Waals surface area contributed by atoms with Gasteiger partial charge in [-0.3, -0.25) is 0 Å². The van der Waals surface area contributed by atoms with Gasteiger partial charge in [0.25, 0.3) is 0 Å². The van der Waals surface area contributed by atoms with Crippen LogP contribution >= 0.6 is 0 Å². The predicted molar refractivity (Wildman–Crippen MR) is 83.3 cm³/mol. The second kappa shape index (κ2) is 6.30. The fraction of sp³-hybridized carbons (Fsp3) is 0.500. The Morgan fingerprint density at radius 2 is 1.86 bits per heavy atom. The lowest BCUT2D eigenvalue weighted by Gasteiger charge is -2.18. The molecule has 3 unspecified atom stereocenters. The monoisotopic (exact) mass is 306 g/mol. The summed E-state index contributed by atoms with van der Waals surface area (Å²) in [5.41, 5.74) is 0. The summed E-state index contributed by atoms with van der Waals surface area (Å²) in [4.78, 5) is 0.322. The predicted octanol–water partition coefficient (Wildman–Crippen LogP) is 1.77. The Hall–Kier alpha value is -1.17. The zero-order chi connectivity index (χ0) is 14.7. The Kier molecular flexibility index (Phi) is 4.42. The van der Waals surface area contributed by atoms with Crippen LogP contribution in [0.25, 0.3) is 0 Å². The van der Waals surface area contributed by atoms with E-state index in [1.165, 1.54) is 12.8 Å². The summed E-state index contributed by atoms with van der Waals surface area (Å²) < 4.78 is 26.6. The molecule has 0 aromatic heterocycles. The van der Waals surface area contributed by atoms with Gasteiger partial charge in [-0.2, -0.15) is 0 Å². The maximum atomic E-state index is 12.0. The van der Waals surface area contributed by atoms with E-state index in [1.807, 2.05) is 6.07 Å². The van der Waals surface area contributed by atoms with E-state index in [4.69, 9.17) is 0 Å². The molecule has 2 aliphatic carbocycles. The van der Waals surface area contributed by atoms with Gasteiger partial charge >= 0.3 is 0 Å². The molecule has 1 aromatic rings. The molecular formula is C16H22N2O2S. The number of fused-ring (bicyclic) bond motifs is 2. The van der Waals surface area contributed by atoms with Gasteiger partial charge in [-0.1, -0.05) is 30.4 Å². The van der Waals surface area contributed by atoms with E-state index >= 15 is 0 Å².